The van der Waals surface area contributed by atoms with Gasteiger partial charge < -0.3 is 15.0 Å². The largest absolute Gasteiger partial charge is 0.496 e. The average Bonchev–Trinajstić information content (AvgIpc) is 2.74. The van der Waals surface area contributed by atoms with E-state index in [1.54, 1.807) is 19.4 Å². The van der Waals surface area contributed by atoms with Crippen LogP contribution in [0.5, 0.6) is 5.75 Å². The minimum absolute atomic E-state index is 0.0568. The van der Waals surface area contributed by atoms with Crippen molar-refractivity contribution in [1.82, 2.24) is 10.3 Å². The first-order valence-corrected chi connectivity index (χ1v) is 9.85. The summed E-state index contributed by atoms with van der Waals surface area (Å²) in [4.78, 5) is 19.5. The Balaban J connectivity index is 1.62. The van der Waals surface area contributed by atoms with Crippen molar-refractivity contribution in [2.24, 2.45) is 0 Å². The van der Waals surface area contributed by atoms with Gasteiger partial charge in [-0.1, -0.05) is 25.1 Å². The van der Waals surface area contributed by atoms with Crippen molar-refractivity contribution in [2.75, 3.05) is 25.1 Å². The van der Waals surface area contributed by atoms with Crippen LogP contribution < -0.4 is 15.0 Å². The number of hydrogen-bond donors (Lipinski definition) is 1. The Morgan fingerprint density at radius 3 is 2.96 bits per heavy atom. The third kappa shape index (κ3) is 4.79. The van der Waals surface area contributed by atoms with E-state index >= 15 is 0 Å². The monoisotopic (exact) mass is 367 g/mol. The normalized spacial score (nSPS) is 16.8. The van der Waals surface area contributed by atoms with Gasteiger partial charge in [0.15, 0.2) is 0 Å². The fourth-order valence-electron chi connectivity index (χ4n) is 3.77. The summed E-state index contributed by atoms with van der Waals surface area (Å²) in [7, 11) is 1.67. The van der Waals surface area contributed by atoms with Gasteiger partial charge in [0.05, 0.1) is 7.11 Å². The van der Waals surface area contributed by atoms with Crippen LogP contribution in [0.25, 0.3) is 0 Å². The number of para-hydroxylation sites is 1. The maximum absolute atomic E-state index is 12.6. The number of carbonyl (C=O) groups is 1. The van der Waals surface area contributed by atoms with E-state index in [1.807, 2.05) is 30.3 Å². The fraction of sp³-hybridized carbons (Fsp3) is 0.455. The van der Waals surface area contributed by atoms with Gasteiger partial charge in [-0.05, 0) is 55.9 Å². The van der Waals surface area contributed by atoms with Crippen LogP contribution in [0.2, 0.25) is 0 Å². The third-order valence-corrected chi connectivity index (χ3v) is 5.27. The van der Waals surface area contributed by atoms with Crippen LogP contribution >= 0.6 is 0 Å². The second-order valence-corrected chi connectivity index (χ2v) is 6.97. The van der Waals surface area contributed by atoms with Gasteiger partial charge in [-0.15, -0.1) is 0 Å². The molecular formula is C22H29N3O2. The zero-order valence-electron chi connectivity index (χ0n) is 16.3. The van der Waals surface area contributed by atoms with Gasteiger partial charge in [-0.2, -0.15) is 0 Å². The highest BCUT2D eigenvalue weighted by molar-refractivity contribution is 5.94. The molecule has 2 heterocycles. The number of piperidine rings is 1. The Kier molecular flexibility index (Phi) is 6.69. The van der Waals surface area contributed by atoms with E-state index in [0.29, 0.717) is 18.2 Å². The number of pyridine rings is 1. The van der Waals surface area contributed by atoms with E-state index in [4.69, 9.17) is 4.74 Å². The molecule has 5 heteroatoms. The van der Waals surface area contributed by atoms with Gasteiger partial charge in [0.25, 0.3) is 5.91 Å². The summed E-state index contributed by atoms with van der Waals surface area (Å²) in [5.41, 5.74) is 1.76. The lowest BCUT2D eigenvalue weighted by Crippen LogP contribution is -2.39. The summed E-state index contributed by atoms with van der Waals surface area (Å²) in [6, 6.07) is 12.1. The van der Waals surface area contributed by atoms with Crippen LogP contribution in [0, 0.1) is 0 Å². The Bertz CT molecular complexity index is 763. The molecule has 0 radical (unpaired) electrons. The molecule has 1 N–H and O–H groups in total. The summed E-state index contributed by atoms with van der Waals surface area (Å²) in [6.07, 6.45) is 7.25. The molecule has 0 spiro atoms. The van der Waals surface area contributed by atoms with E-state index in [-0.39, 0.29) is 5.91 Å². The van der Waals surface area contributed by atoms with Crippen LogP contribution in [0.3, 0.4) is 0 Å². The molecule has 1 unspecified atom stereocenters. The first-order valence-electron chi connectivity index (χ1n) is 9.85. The number of methoxy groups -OCH3 is 1. The van der Waals surface area contributed by atoms with Crippen LogP contribution in [-0.4, -0.2) is 37.1 Å². The lowest BCUT2D eigenvalue weighted by molar-refractivity contribution is 0.0954. The lowest BCUT2D eigenvalue weighted by Gasteiger charge is -2.36. The molecule has 1 amide bonds. The molecule has 1 aromatic heterocycles. The molecule has 27 heavy (non-hydrogen) atoms. The quantitative estimate of drug-likeness (QED) is 0.808. The number of carbonyl (C=O) groups excluding carboxylic acids is 1. The molecule has 1 aliphatic heterocycles. The number of ether oxygens (including phenoxy) is 1. The van der Waals surface area contributed by atoms with Crippen molar-refractivity contribution in [1.29, 1.82) is 0 Å². The number of rotatable bonds is 7. The first kappa shape index (κ1) is 19.2. The van der Waals surface area contributed by atoms with E-state index in [2.05, 4.69) is 22.1 Å². The summed E-state index contributed by atoms with van der Waals surface area (Å²) in [5, 5.41) is 3.01. The maximum Gasteiger partial charge on any atom is 0.251 e. The topological polar surface area (TPSA) is 54.5 Å². The highest BCUT2D eigenvalue weighted by atomic mass is 16.5. The van der Waals surface area contributed by atoms with Crippen molar-refractivity contribution < 1.29 is 9.53 Å². The number of amides is 1. The fourth-order valence-corrected chi connectivity index (χ4v) is 3.77. The second-order valence-electron chi connectivity index (χ2n) is 6.97. The van der Waals surface area contributed by atoms with Crippen molar-refractivity contribution in [3.63, 3.8) is 0 Å². The minimum Gasteiger partial charge on any atom is -0.496 e. The Morgan fingerprint density at radius 1 is 1.30 bits per heavy atom. The summed E-state index contributed by atoms with van der Waals surface area (Å²) in [5.74, 6) is 1.71. The van der Waals surface area contributed by atoms with Gasteiger partial charge in [-0.25, -0.2) is 4.98 Å². The van der Waals surface area contributed by atoms with E-state index in [9.17, 15) is 4.79 Å². The third-order valence-electron chi connectivity index (χ3n) is 5.27. The molecule has 2 aromatic rings. The van der Waals surface area contributed by atoms with Crippen molar-refractivity contribution in [3.8, 4) is 5.75 Å². The summed E-state index contributed by atoms with van der Waals surface area (Å²) >= 11 is 0. The minimum atomic E-state index is -0.0568. The van der Waals surface area contributed by atoms with E-state index in [0.717, 1.165) is 36.5 Å². The van der Waals surface area contributed by atoms with Gasteiger partial charge in [0.2, 0.25) is 0 Å². The molecular weight excluding hydrogens is 338 g/mol. The van der Waals surface area contributed by atoms with Crippen molar-refractivity contribution >= 4 is 11.7 Å². The Hall–Kier alpha value is -2.56. The average molecular weight is 367 g/mol. The molecule has 1 atom stereocenters. The predicted molar refractivity (Wildman–Crippen MR) is 109 cm³/mol. The predicted octanol–water partition coefficient (Wildman–Crippen LogP) is 3.83. The summed E-state index contributed by atoms with van der Waals surface area (Å²) < 4.78 is 5.36. The van der Waals surface area contributed by atoms with Gasteiger partial charge in [0, 0.05) is 30.9 Å². The zero-order valence-corrected chi connectivity index (χ0v) is 16.3. The molecule has 1 aliphatic rings. The van der Waals surface area contributed by atoms with Gasteiger partial charge in [0.1, 0.15) is 11.6 Å². The molecule has 0 bridgehead atoms. The molecule has 1 saturated heterocycles. The SMILES string of the molecule is CCC1CCCCN1c1cc(C(=O)NCCc2ccccc2OC)ccn1. The van der Waals surface area contributed by atoms with Crippen LogP contribution in [0.1, 0.15) is 48.5 Å². The number of anilines is 1. The van der Waals surface area contributed by atoms with Gasteiger partial charge in [-0.3, -0.25) is 4.79 Å². The Morgan fingerprint density at radius 2 is 2.15 bits per heavy atom. The number of nitrogens with one attached hydrogen (secondary N) is 1. The Labute approximate surface area is 161 Å². The highest BCUT2D eigenvalue weighted by Crippen LogP contribution is 2.25. The van der Waals surface area contributed by atoms with Crippen molar-refractivity contribution in [3.05, 3.63) is 53.7 Å². The van der Waals surface area contributed by atoms with Gasteiger partial charge >= 0.3 is 0 Å². The summed E-state index contributed by atoms with van der Waals surface area (Å²) in [6.45, 7) is 3.81. The smallest absolute Gasteiger partial charge is 0.251 e. The molecule has 1 aromatic carbocycles. The number of benzene rings is 1. The number of nitrogens with zero attached hydrogens (tertiary/aromatic N) is 2. The zero-order chi connectivity index (χ0) is 19.1. The molecule has 0 aliphatic carbocycles. The van der Waals surface area contributed by atoms with Crippen LogP contribution in [-0.2, 0) is 6.42 Å². The van der Waals surface area contributed by atoms with E-state index < -0.39 is 0 Å². The van der Waals surface area contributed by atoms with Crippen LogP contribution in [0.4, 0.5) is 5.82 Å². The highest BCUT2D eigenvalue weighted by Gasteiger charge is 2.22. The molecule has 3 rings (SSSR count). The standard InChI is InChI=1S/C22H29N3O2/c1-3-19-9-6-7-15-25(19)21-16-18(12-13-23-21)22(26)24-14-11-17-8-4-5-10-20(17)27-2/h4-5,8,10,12-13,16,19H,3,6-7,9,11,14-15H2,1-2H3,(H,24,26). The van der Waals surface area contributed by atoms with E-state index in [1.165, 1.54) is 19.3 Å². The molecule has 5 nitrogen and oxygen atoms in total. The lowest BCUT2D eigenvalue weighted by atomic mass is 10.00. The molecule has 1 fully saturated rings. The van der Waals surface area contributed by atoms with Crippen molar-refractivity contribution in [2.45, 2.75) is 45.1 Å². The first-order chi connectivity index (χ1) is 13.2. The maximum atomic E-state index is 12.6. The van der Waals surface area contributed by atoms with Crippen LogP contribution in [0.15, 0.2) is 42.6 Å². The number of hydrogen-bond acceptors (Lipinski definition) is 4. The molecule has 0 saturated carbocycles. The number of aromatic nitrogens is 1. The second kappa shape index (κ2) is 9.40. The molecule has 144 valence electrons.